The number of benzene rings is 3. The van der Waals surface area contributed by atoms with Gasteiger partial charge in [-0.15, -0.1) is 11.8 Å². The van der Waals surface area contributed by atoms with Crippen molar-refractivity contribution in [2.24, 2.45) is 0 Å². The highest BCUT2D eigenvalue weighted by Gasteiger charge is 2.47. The highest BCUT2D eigenvalue weighted by molar-refractivity contribution is 7.99. The fourth-order valence-corrected chi connectivity index (χ4v) is 5.40. The van der Waals surface area contributed by atoms with E-state index in [9.17, 15) is 19.2 Å². The SMILES string of the molecule is COc1ccc(N2C(=O)C(=O)N(CC(=O)N3c4ccccc4SCC3c3ccccc3)C2=O)cc1. The van der Waals surface area contributed by atoms with Crippen LogP contribution in [0.1, 0.15) is 11.6 Å². The molecule has 0 aromatic heterocycles. The predicted molar refractivity (Wildman–Crippen MR) is 131 cm³/mol. The van der Waals surface area contributed by atoms with E-state index in [-0.39, 0.29) is 11.7 Å². The molecule has 1 atom stereocenters. The smallest absolute Gasteiger partial charge is 0.339 e. The van der Waals surface area contributed by atoms with Gasteiger partial charge in [0, 0.05) is 10.6 Å². The van der Waals surface area contributed by atoms with E-state index in [1.165, 1.54) is 19.2 Å². The third-order valence-corrected chi connectivity index (χ3v) is 7.10. The summed E-state index contributed by atoms with van der Waals surface area (Å²) in [5, 5.41) is 0. The second kappa shape index (κ2) is 9.27. The maximum atomic E-state index is 13.6. The summed E-state index contributed by atoms with van der Waals surface area (Å²) in [6, 6.07) is 22.2. The van der Waals surface area contributed by atoms with Gasteiger partial charge in [-0.3, -0.25) is 14.4 Å². The van der Waals surface area contributed by atoms with Crippen molar-refractivity contribution in [2.75, 3.05) is 29.2 Å². The second-order valence-electron chi connectivity index (χ2n) is 7.98. The van der Waals surface area contributed by atoms with Crippen molar-refractivity contribution in [3.05, 3.63) is 84.4 Å². The summed E-state index contributed by atoms with van der Waals surface area (Å²) in [7, 11) is 1.50. The molecule has 1 saturated heterocycles. The van der Waals surface area contributed by atoms with Crippen molar-refractivity contribution < 1.29 is 23.9 Å². The minimum Gasteiger partial charge on any atom is -0.497 e. The quantitative estimate of drug-likeness (QED) is 0.401. The molecule has 1 fully saturated rings. The van der Waals surface area contributed by atoms with Gasteiger partial charge in [-0.1, -0.05) is 42.5 Å². The van der Waals surface area contributed by atoms with E-state index in [4.69, 9.17) is 4.74 Å². The van der Waals surface area contributed by atoms with Gasteiger partial charge in [0.1, 0.15) is 12.3 Å². The molecule has 0 aliphatic carbocycles. The van der Waals surface area contributed by atoms with E-state index in [0.717, 1.165) is 15.4 Å². The van der Waals surface area contributed by atoms with Crippen LogP contribution in [-0.4, -0.2) is 48.1 Å². The molecule has 0 spiro atoms. The summed E-state index contributed by atoms with van der Waals surface area (Å²) in [5.74, 6) is -1.32. The number of imide groups is 2. The Morgan fingerprint density at radius 2 is 1.60 bits per heavy atom. The molecule has 0 N–H and O–H groups in total. The Hall–Kier alpha value is -4.11. The molecule has 0 radical (unpaired) electrons. The van der Waals surface area contributed by atoms with Crippen LogP contribution in [-0.2, 0) is 14.4 Å². The van der Waals surface area contributed by atoms with Gasteiger partial charge >= 0.3 is 17.8 Å². The Balaban J connectivity index is 1.44. The van der Waals surface area contributed by atoms with E-state index >= 15 is 0 Å². The Bertz CT molecular complexity index is 1310. The molecule has 35 heavy (non-hydrogen) atoms. The molecular formula is C26H21N3O5S. The number of anilines is 2. The van der Waals surface area contributed by atoms with Gasteiger partial charge in [-0.05, 0) is 42.0 Å². The Kier molecular flexibility index (Phi) is 6.00. The monoisotopic (exact) mass is 487 g/mol. The molecule has 0 bridgehead atoms. The zero-order chi connectivity index (χ0) is 24.5. The van der Waals surface area contributed by atoms with Gasteiger partial charge in [-0.2, -0.15) is 0 Å². The molecule has 9 heteroatoms. The van der Waals surface area contributed by atoms with Crippen LogP contribution in [0, 0.1) is 0 Å². The van der Waals surface area contributed by atoms with Crippen molar-refractivity contribution in [3.63, 3.8) is 0 Å². The average molecular weight is 488 g/mol. The van der Waals surface area contributed by atoms with Gasteiger partial charge in [0.2, 0.25) is 5.91 Å². The highest BCUT2D eigenvalue weighted by Crippen LogP contribution is 2.43. The zero-order valence-corrected chi connectivity index (χ0v) is 19.6. The third kappa shape index (κ3) is 4.04. The van der Waals surface area contributed by atoms with E-state index in [1.807, 2.05) is 54.6 Å². The fraction of sp³-hybridized carbons (Fsp3) is 0.154. The Labute approximate surface area is 206 Å². The number of thioether (sulfide) groups is 1. The number of urea groups is 1. The molecule has 3 aromatic rings. The summed E-state index contributed by atoms with van der Waals surface area (Å²) in [4.78, 5) is 56.2. The largest absolute Gasteiger partial charge is 0.497 e. The first-order valence-electron chi connectivity index (χ1n) is 10.9. The van der Waals surface area contributed by atoms with Crippen LogP contribution < -0.4 is 14.5 Å². The van der Waals surface area contributed by atoms with Gasteiger partial charge in [0.25, 0.3) is 0 Å². The number of para-hydroxylation sites is 1. The number of amides is 5. The molecule has 5 rings (SSSR count). The lowest BCUT2D eigenvalue weighted by atomic mass is 10.1. The third-order valence-electron chi connectivity index (χ3n) is 5.96. The molecule has 1 unspecified atom stereocenters. The van der Waals surface area contributed by atoms with Gasteiger partial charge < -0.3 is 9.64 Å². The summed E-state index contributed by atoms with van der Waals surface area (Å²) in [6.45, 7) is -0.543. The average Bonchev–Trinajstić information content (AvgIpc) is 3.11. The minimum absolute atomic E-state index is 0.228. The van der Waals surface area contributed by atoms with E-state index in [2.05, 4.69) is 0 Å². The highest BCUT2D eigenvalue weighted by atomic mass is 32.2. The maximum absolute atomic E-state index is 13.6. The number of rotatable bonds is 5. The number of ether oxygens (including phenoxy) is 1. The van der Waals surface area contributed by atoms with Crippen molar-refractivity contribution in [1.82, 2.24) is 4.90 Å². The lowest BCUT2D eigenvalue weighted by Crippen LogP contribution is -2.46. The van der Waals surface area contributed by atoms with Crippen LogP contribution in [0.25, 0.3) is 0 Å². The topological polar surface area (TPSA) is 87.2 Å². The number of carbonyl (C=O) groups excluding carboxylic acids is 4. The number of carbonyl (C=O) groups is 4. The first-order valence-corrected chi connectivity index (χ1v) is 11.9. The zero-order valence-electron chi connectivity index (χ0n) is 18.8. The number of fused-ring (bicyclic) bond motifs is 1. The minimum atomic E-state index is -1.03. The van der Waals surface area contributed by atoms with Crippen molar-refractivity contribution in [1.29, 1.82) is 0 Å². The molecule has 2 aliphatic heterocycles. The summed E-state index contributed by atoms with van der Waals surface area (Å²) < 4.78 is 5.11. The Morgan fingerprint density at radius 1 is 0.914 bits per heavy atom. The normalized spacial score (nSPS) is 17.6. The van der Waals surface area contributed by atoms with Crippen molar-refractivity contribution in [2.45, 2.75) is 10.9 Å². The van der Waals surface area contributed by atoms with Gasteiger partial charge in [0.05, 0.1) is 24.5 Å². The molecular weight excluding hydrogens is 466 g/mol. The van der Waals surface area contributed by atoms with Crippen molar-refractivity contribution in [3.8, 4) is 5.75 Å². The first-order chi connectivity index (χ1) is 17.0. The lowest BCUT2D eigenvalue weighted by molar-refractivity contribution is -0.140. The van der Waals surface area contributed by atoms with Gasteiger partial charge in [-0.25, -0.2) is 14.6 Å². The molecule has 5 amide bonds. The lowest BCUT2D eigenvalue weighted by Gasteiger charge is -2.37. The summed E-state index contributed by atoms with van der Waals surface area (Å²) in [6.07, 6.45) is 0. The molecule has 3 aromatic carbocycles. The van der Waals surface area contributed by atoms with Crippen LogP contribution in [0.5, 0.6) is 5.75 Å². The standard InChI is InChI=1S/C26H21N3O5S/c1-34-19-13-11-18(12-14-19)28-25(32)24(31)27(26(28)33)15-23(30)29-20-9-5-6-10-22(20)35-16-21(29)17-7-3-2-4-8-17/h2-14,21H,15-16H2,1H3. The predicted octanol–water partition coefficient (Wildman–Crippen LogP) is 3.87. The number of hydrogen-bond donors (Lipinski definition) is 0. The maximum Gasteiger partial charge on any atom is 0.339 e. The van der Waals surface area contributed by atoms with E-state index in [1.54, 1.807) is 28.8 Å². The molecule has 2 heterocycles. The molecule has 0 saturated carbocycles. The molecule has 8 nitrogen and oxygen atoms in total. The number of nitrogens with zero attached hydrogens (tertiary/aromatic N) is 3. The van der Waals surface area contributed by atoms with Gasteiger partial charge in [0.15, 0.2) is 0 Å². The van der Waals surface area contributed by atoms with Crippen molar-refractivity contribution >= 4 is 46.9 Å². The number of hydrogen-bond acceptors (Lipinski definition) is 6. The van der Waals surface area contributed by atoms with Crippen LogP contribution in [0.3, 0.4) is 0 Å². The van der Waals surface area contributed by atoms with E-state index in [0.29, 0.717) is 22.1 Å². The van der Waals surface area contributed by atoms with Crippen LogP contribution >= 0.6 is 11.8 Å². The second-order valence-corrected chi connectivity index (χ2v) is 9.04. The fourth-order valence-electron chi connectivity index (χ4n) is 4.23. The first kappa shape index (κ1) is 22.7. The van der Waals surface area contributed by atoms with Crippen LogP contribution in [0.15, 0.2) is 83.8 Å². The van der Waals surface area contributed by atoms with Crippen LogP contribution in [0.4, 0.5) is 16.2 Å². The van der Waals surface area contributed by atoms with Crippen LogP contribution in [0.2, 0.25) is 0 Å². The summed E-state index contributed by atoms with van der Waals surface area (Å²) in [5.41, 5.74) is 1.88. The summed E-state index contributed by atoms with van der Waals surface area (Å²) >= 11 is 1.64. The van der Waals surface area contributed by atoms with E-state index < -0.39 is 30.3 Å². The number of methoxy groups -OCH3 is 1. The molecule has 176 valence electrons. The molecule has 2 aliphatic rings. The Morgan fingerprint density at radius 3 is 2.31 bits per heavy atom.